The molecule has 0 spiro atoms. The lowest BCUT2D eigenvalue weighted by atomic mass is 9.95. The van der Waals surface area contributed by atoms with E-state index in [1.807, 2.05) is 12.1 Å². The van der Waals surface area contributed by atoms with Crippen LogP contribution in [0.2, 0.25) is 0 Å². The van der Waals surface area contributed by atoms with E-state index in [4.69, 9.17) is 9.47 Å². The fourth-order valence-corrected chi connectivity index (χ4v) is 5.10. The number of carbonyl (C=O) groups excluding carboxylic acids is 1. The zero-order valence-corrected chi connectivity index (χ0v) is 18.7. The molecule has 0 radical (unpaired) electrons. The lowest BCUT2D eigenvalue weighted by Crippen LogP contribution is -2.43. The van der Waals surface area contributed by atoms with Crippen LogP contribution in [0.4, 0.5) is 10.2 Å². The van der Waals surface area contributed by atoms with Gasteiger partial charge in [-0.15, -0.1) is 0 Å². The summed E-state index contributed by atoms with van der Waals surface area (Å²) in [4.78, 5) is 22.9. The molecule has 9 heteroatoms. The van der Waals surface area contributed by atoms with Gasteiger partial charge in [-0.25, -0.2) is 9.37 Å². The predicted molar refractivity (Wildman–Crippen MR) is 125 cm³/mol. The predicted octanol–water partition coefficient (Wildman–Crippen LogP) is 2.83. The summed E-state index contributed by atoms with van der Waals surface area (Å²) >= 11 is 0. The highest BCUT2D eigenvalue weighted by Gasteiger charge is 2.30. The van der Waals surface area contributed by atoms with Gasteiger partial charge in [0.15, 0.2) is 18.2 Å². The molecule has 1 unspecified atom stereocenters. The summed E-state index contributed by atoms with van der Waals surface area (Å²) in [6, 6.07) is 8.95. The molecule has 3 aromatic rings. The Hall–Kier alpha value is -3.30. The zero-order chi connectivity index (χ0) is 23.1. The number of fused-ring (bicyclic) bond motifs is 4. The van der Waals surface area contributed by atoms with Crippen molar-refractivity contribution in [2.24, 2.45) is 0 Å². The minimum absolute atomic E-state index is 0.0351. The number of benzene rings is 1. The number of rotatable bonds is 5. The molecular weight excluding hydrogens is 437 g/mol. The van der Waals surface area contributed by atoms with E-state index in [-0.39, 0.29) is 24.2 Å². The summed E-state index contributed by atoms with van der Waals surface area (Å²) in [6.45, 7) is 4.15. The van der Waals surface area contributed by atoms with Crippen molar-refractivity contribution in [2.45, 2.75) is 31.3 Å². The smallest absolute Gasteiger partial charge is 0.263 e. The Kier molecular flexibility index (Phi) is 5.50. The van der Waals surface area contributed by atoms with Crippen molar-refractivity contribution in [3.8, 4) is 11.5 Å². The zero-order valence-electron chi connectivity index (χ0n) is 18.7. The molecule has 6 rings (SSSR count). The van der Waals surface area contributed by atoms with E-state index in [0.717, 1.165) is 60.4 Å². The molecule has 176 valence electrons. The second-order valence-corrected chi connectivity index (χ2v) is 9.15. The molecule has 1 saturated heterocycles. The number of halogens is 1. The fraction of sp³-hybridized carbons (Fsp3) is 0.400. The fourth-order valence-electron chi connectivity index (χ4n) is 5.10. The molecule has 1 atom stereocenters. The molecule has 2 aromatic heterocycles. The largest absolute Gasteiger partial charge is 0.491 e. The molecule has 3 aliphatic heterocycles. The molecule has 2 N–H and O–H groups in total. The van der Waals surface area contributed by atoms with Crippen LogP contribution in [0.5, 0.6) is 11.5 Å². The Bertz CT molecular complexity index is 1240. The quantitative estimate of drug-likeness (QED) is 0.602. The maximum absolute atomic E-state index is 13.9. The summed E-state index contributed by atoms with van der Waals surface area (Å²) < 4.78 is 25.2. The molecule has 0 aliphatic carbocycles. The average molecular weight is 464 g/mol. The van der Waals surface area contributed by atoms with Crippen LogP contribution < -0.4 is 20.1 Å². The molecular formula is C25H26FN5O3. The first-order chi connectivity index (χ1) is 16.6. The second-order valence-electron chi connectivity index (χ2n) is 9.15. The maximum Gasteiger partial charge on any atom is 0.263 e. The van der Waals surface area contributed by atoms with Gasteiger partial charge in [-0.05, 0) is 56.3 Å². The molecule has 1 aromatic carbocycles. The van der Waals surface area contributed by atoms with Crippen LogP contribution in [0.3, 0.4) is 0 Å². The van der Waals surface area contributed by atoms with Crippen LogP contribution in [0, 0.1) is 5.82 Å². The standard InChI is InChI=1S/C25H26FN5O3/c26-16-1-3-20-19(9-16)24-15(13-33-22(24)11-28-20)12-31-7-5-17(6-8-31)27-10-18-2-4-21-25(29-18)30-23(32)14-34-21/h1-4,9,11,15,17,27H,5-8,10,12-14H2,(H,29,30,32). The number of hydrogen-bond acceptors (Lipinski definition) is 7. The number of nitrogens with one attached hydrogen (secondary N) is 2. The molecule has 8 nitrogen and oxygen atoms in total. The van der Waals surface area contributed by atoms with Gasteiger partial charge in [0.1, 0.15) is 11.6 Å². The summed E-state index contributed by atoms with van der Waals surface area (Å²) in [7, 11) is 0. The normalized spacial score (nSPS) is 20.4. The van der Waals surface area contributed by atoms with Crippen LogP contribution in [0.25, 0.3) is 10.9 Å². The number of hydrogen-bond donors (Lipinski definition) is 2. The summed E-state index contributed by atoms with van der Waals surface area (Å²) in [5.74, 6) is 1.67. The van der Waals surface area contributed by atoms with Gasteiger partial charge in [-0.2, -0.15) is 0 Å². The first-order valence-corrected chi connectivity index (χ1v) is 11.7. The van der Waals surface area contributed by atoms with Gasteiger partial charge in [0.2, 0.25) is 0 Å². The minimum Gasteiger partial charge on any atom is -0.491 e. The van der Waals surface area contributed by atoms with E-state index in [0.29, 0.717) is 30.8 Å². The lowest BCUT2D eigenvalue weighted by Gasteiger charge is -2.33. The van der Waals surface area contributed by atoms with E-state index < -0.39 is 0 Å². The molecule has 34 heavy (non-hydrogen) atoms. The van der Waals surface area contributed by atoms with Gasteiger partial charge in [0, 0.05) is 36.0 Å². The van der Waals surface area contributed by atoms with Gasteiger partial charge in [0.25, 0.3) is 5.91 Å². The molecule has 0 bridgehead atoms. The minimum atomic E-state index is -0.247. The molecule has 0 saturated carbocycles. The number of ether oxygens (including phenoxy) is 2. The molecule has 3 aliphatic rings. The SMILES string of the molecule is O=C1COc2ccc(CNC3CCN(CC4COc5cnc6ccc(F)cc6c54)CC3)nc2N1. The van der Waals surface area contributed by atoms with Crippen molar-refractivity contribution in [3.05, 3.63) is 53.6 Å². The van der Waals surface area contributed by atoms with Crippen LogP contribution in [-0.2, 0) is 11.3 Å². The Balaban J connectivity index is 1.05. The van der Waals surface area contributed by atoms with E-state index >= 15 is 0 Å². The van der Waals surface area contributed by atoms with Crippen molar-refractivity contribution in [2.75, 3.05) is 38.2 Å². The highest BCUT2D eigenvalue weighted by molar-refractivity contribution is 5.94. The second kappa shape index (κ2) is 8.81. The average Bonchev–Trinajstić information content (AvgIpc) is 3.26. The third kappa shape index (κ3) is 4.17. The van der Waals surface area contributed by atoms with E-state index in [1.54, 1.807) is 18.3 Å². The van der Waals surface area contributed by atoms with Gasteiger partial charge in [0.05, 0.1) is 24.0 Å². The Morgan fingerprint density at radius 1 is 1.15 bits per heavy atom. The molecule has 1 fully saturated rings. The first-order valence-electron chi connectivity index (χ1n) is 11.7. The van der Waals surface area contributed by atoms with Gasteiger partial charge in [-0.3, -0.25) is 9.78 Å². The van der Waals surface area contributed by atoms with Gasteiger partial charge < -0.3 is 25.0 Å². The van der Waals surface area contributed by atoms with E-state index in [1.165, 1.54) is 6.07 Å². The third-order valence-electron chi connectivity index (χ3n) is 6.85. The summed E-state index contributed by atoms with van der Waals surface area (Å²) in [5.41, 5.74) is 2.76. The maximum atomic E-state index is 13.9. The Labute approximate surface area is 196 Å². The van der Waals surface area contributed by atoms with Crippen LogP contribution in [0.1, 0.15) is 30.0 Å². The Morgan fingerprint density at radius 3 is 2.91 bits per heavy atom. The third-order valence-corrected chi connectivity index (χ3v) is 6.85. The van der Waals surface area contributed by atoms with Crippen molar-refractivity contribution >= 4 is 22.6 Å². The van der Waals surface area contributed by atoms with Crippen LogP contribution >= 0.6 is 0 Å². The molecule has 1 amide bonds. The number of likely N-dealkylation sites (tertiary alicyclic amines) is 1. The van der Waals surface area contributed by atoms with Gasteiger partial charge in [-0.1, -0.05) is 0 Å². The van der Waals surface area contributed by atoms with Crippen LogP contribution in [0.15, 0.2) is 36.5 Å². The topological polar surface area (TPSA) is 88.6 Å². The Morgan fingerprint density at radius 2 is 2.03 bits per heavy atom. The highest BCUT2D eigenvalue weighted by Crippen LogP contribution is 2.39. The van der Waals surface area contributed by atoms with E-state index in [2.05, 4.69) is 25.5 Å². The number of nitrogens with zero attached hydrogens (tertiary/aromatic N) is 3. The van der Waals surface area contributed by atoms with Crippen molar-refractivity contribution < 1.29 is 18.7 Å². The van der Waals surface area contributed by atoms with Crippen molar-refractivity contribution in [3.63, 3.8) is 0 Å². The summed E-state index contributed by atoms with van der Waals surface area (Å²) in [5, 5.41) is 7.21. The number of amides is 1. The lowest BCUT2D eigenvalue weighted by molar-refractivity contribution is -0.118. The number of piperidine rings is 1. The number of carbonyl (C=O) groups is 1. The number of aromatic nitrogens is 2. The first kappa shape index (κ1) is 21.2. The van der Waals surface area contributed by atoms with Crippen molar-refractivity contribution in [1.29, 1.82) is 0 Å². The van der Waals surface area contributed by atoms with E-state index in [9.17, 15) is 9.18 Å². The number of anilines is 1. The van der Waals surface area contributed by atoms with Gasteiger partial charge >= 0.3 is 0 Å². The van der Waals surface area contributed by atoms with Crippen molar-refractivity contribution in [1.82, 2.24) is 20.2 Å². The summed E-state index contributed by atoms with van der Waals surface area (Å²) in [6.07, 6.45) is 3.84. The highest BCUT2D eigenvalue weighted by atomic mass is 19.1. The van der Waals surface area contributed by atoms with Crippen LogP contribution in [-0.4, -0.2) is 59.7 Å². The number of pyridine rings is 2. The monoisotopic (exact) mass is 463 g/mol. The molecule has 5 heterocycles.